The summed E-state index contributed by atoms with van der Waals surface area (Å²) in [5.74, 6) is 0.633. The number of H-pyrrole nitrogens is 1. The van der Waals surface area contributed by atoms with E-state index in [4.69, 9.17) is 17.3 Å². The van der Waals surface area contributed by atoms with Crippen molar-refractivity contribution in [2.75, 3.05) is 18.2 Å². The van der Waals surface area contributed by atoms with Crippen LogP contribution in [0.4, 0.5) is 16.2 Å². The number of nitrogen functional groups attached to an aromatic ring is 1. The van der Waals surface area contributed by atoms with Crippen molar-refractivity contribution in [3.05, 3.63) is 88.2 Å². The van der Waals surface area contributed by atoms with E-state index in [0.29, 0.717) is 33.3 Å². The fourth-order valence-electron chi connectivity index (χ4n) is 3.24. The summed E-state index contributed by atoms with van der Waals surface area (Å²) in [6, 6.07) is 15.7. The van der Waals surface area contributed by atoms with Crippen LogP contribution in [0.25, 0.3) is 22.4 Å². The van der Waals surface area contributed by atoms with E-state index in [2.05, 4.69) is 20.0 Å². The predicted octanol–water partition coefficient (Wildman–Crippen LogP) is 4.37. The molecule has 0 spiro atoms. The number of anilines is 2. The third-order valence-corrected chi connectivity index (χ3v) is 5.13. The second-order valence-corrected chi connectivity index (χ2v) is 7.49. The van der Waals surface area contributed by atoms with Crippen molar-refractivity contribution in [2.45, 2.75) is 6.54 Å². The summed E-state index contributed by atoms with van der Waals surface area (Å²) < 4.78 is 6.13. The molecule has 4 N–H and O–H groups in total. The van der Waals surface area contributed by atoms with Gasteiger partial charge in [-0.15, -0.1) is 0 Å². The number of nitrogens with two attached hydrogens (primary N) is 1. The van der Waals surface area contributed by atoms with E-state index >= 15 is 0 Å². The van der Waals surface area contributed by atoms with Crippen LogP contribution in [-0.4, -0.2) is 27.7 Å². The number of hydrogen-bond acceptors (Lipinski definition) is 5. The first kappa shape index (κ1) is 21.2. The third kappa shape index (κ3) is 4.65. The lowest BCUT2D eigenvalue weighted by molar-refractivity contribution is 0.187. The van der Waals surface area contributed by atoms with Gasteiger partial charge in [-0.3, -0.25) is 10.1 Å². The van der Waals surface area contributed by atoms with E-state index in [-0.39, 0.29) is 12.1 Å². The Kier molecular flexibility index (Phi) is 5.96. The Morgan fingerprint density at radius 1 is 1.16 bits per heavy atom. The Hall–Kier alpha value is -4.04. The third-order valence-electron chi connectivity index (χ3n) is 4.90. The minimum atomic E-state index is -0.531. The molecule has 0 saturated heterocycles. The van der Waals surface area contributed by atoms with Gasteiger partial charge in [-0.2, -0.15) is 0 Å². The van der Waals surface area contributed by atoms with Gasteiger partial charge in [0.25, 0.3) is 5.56 Å². The Morgan fingerprint density at radius 2 is 1.94 bits per heavy atom. The number of halogens is 1. The smallest absolute Gasteiger partial charge is 0.411 e. The number of pyridine rings is 1. The molecule has 1 amide bonds. The van der Waals surface area contributed by atoms with Crippen LogP contribution in [0, 0.1) is 0 Å². The van der Waals surface area contributed by atoms with E-state index in [0.717, 1.165) is 11.3 Å². The zero-order valence-corrected chi connectivity index (χ0v) is 17.9. The lowest BCUT2D eigenvalue weighted by atomic mass is 10.1. The van der Waals surface area contributed by atoms with Crippen LogP contribution in [0.3, 0.4) is 0 Å². The summed E-state index contributed by atoms with van der Waals surface area (Å²) in [6.45, 7) is 0.284. The molecule has 0 aliphatic rings. The van der Waals surface area contributed by atoms with Crippen molar-refractivity contribution in [1.29, 1.82) is 0 Å². The molecule has 0 aliphatic carbocycles. The molecule has 0 aliphatic heterocycles. The molecule has 2 aromatic heterocycles. The summed E-state index contributed by atoms with van der Waals surface area (Å²) in [4.78, 5) is 31.5. The van der Waals surface area contributed by atoms with Gasteiger partial charge >= 0.3 is 6.09 Å². The van der Waals surface area contributed by atoms with Crippen LogP contribution < -0.4 is 16.6 Å². The zero-order chi connectivity index (χ0) is 22.7. The predicted molar refractivity (Wildman–Crippen MR) is 125 cm³/mol. The Bertz CT molecular complexity index is 1330. The standard InChI is InChI=1S/C23H20ClN5O3/c1-32-23(31)27-17-5-2-14(3-6-17)20-12-26-21(28-20)13-29-9-8-15(10-22(29)30)18-11-16(24)4-7-19(18)25/h2-12H,13,25H2,1H3,(H,26,28)(H,27,31). The van der Waals surface area contributed by atoms with Crippen molar-refractivity contribution in [3.8, 4) is 22.4 Å². The van der Waals surface area contributed by atoms with E-state index in [1.54, 1.807) is 47.3 Å². The first-order chi connectivity index (χ1) is 15.4. The van der Waals surface area contributed by atoms with Crippen LogP contribution in [0.2, 0.25) is 5.02 Å². The lowest BCUT2D eigenvalue weighted by Gasteiger charge is -2.09. The van der Waals surface area contributed by atoms with E-state index in [1.807, 2.05) is 18.2 Å². The highest BCUT2D eigenvalue weighted by Crippen LogP contribution is 2.28. The van der Waals surface area contributed by atoms with E-state index < -0.39 is 6.09 Å². The summed E-state index contributed by atoms with van der Waals surface area (Å²) in [5, 5.41) is 3.15. The molecule has 4 rings (SSSR count). The molecular formula is C23H20ClN5O3. The normalized spacial score (nSPS) is 10.7. The molecular weight excluding hydrogens is 430 g/mol. The van der Waals surface area contributed by atoms with E-state index in [9.17, 15) is 9.59 Å². The summed E-state index contributed by atoms with van der Waals surface area (Å²) >= 11 is 6.06. The number of benzene rings is 2. The van der Waals surface area contributed by atoms with Gasteiger partial charge in [0.15, 0.2) is 0 Å². The average molecular weight is 450 g/mol. The Morgan fingerprint density at radius 3 is 2.66 bits per heavy atom. The number of amides is 1. The fourth-order valence-corrected chi connectivity index (χ4v) is 3.41. The molecule has 0 bridgehead atoms. The first-order valence-electron chi connectivity index (χ1n) is 9.68. The second-order valence-electron chi connectivity index (χ2n) is 7.05. The van der Waals surface area contributed by atoms with Gasteiger partial charge in [-0.1, -0.05) is 23.7 Å². The number of methoxy groups -OCH3 is 1. The van der Waals surface area contributed by atoms with Gasteiger partial charge in [0.1, 0.15) is 5.82 Å². The maximum Gasteiger partial charge on any atom is 0.411 e. The Labute approximate surface area is 188 Å². The molecule has 8 nitrogen and oxygen atoms in total. The van der Waals surface area contributed by atoms with Crippen molar-refractivity contribution < 1.29 is 9.53 Å². The van der Waals surface area contributed by atoms with Gasteiger partial charge in [0.05, 0.1) is 25.5 Å². The highest BCUT2D eigenvalue weighted by atomic mass is 35.5. The van der Waals surface area contributed by atoms with Gasteiger partial charge in [0, 0.05) is 34.2 Å². The molecule has 9 heteroatoms. The zero-order valence-electron chi connectivity index (χ0n) is 17.1. The molecule has 162 valence electrons. The van der Waals surface area contributed by atoms with Gasteiger partial charge in [-0.25, -0.2) is 9.78 Å². The number of ether oxygens (including phenoxy) is 1. The molecule has 0 fully saturated rings. The first-order valence-corrected chi connectivity index (χ1v) is 10.1. The number of nitrogens with zero attached hydrogens (tertiary/aromatic N) is 2. The summed E-state index contributed by atoms with van der Waals surface area (Å²) in [6.07, 6.45) is 2.87. The minimum absolute atomic E-state index is 0.182. The monoisotopic (exact) mass is 449 g/mol. The number of carbonyl (C=O) groups is 1. The van der Waals surface area contributed by atoms with Gasteiger partial charge in [0.2, 0.25) is 0 Å². The number of carbonyl (C=O) groups excluding carboxylic acids is 1. The average Bonchev–Trinajstić information content (AvgIpc) is 3.26. The quantitative estimate of drug-likeness (QED) is 0.391. The number of hydrogen-bond donors (Lipinski definition) is 3. The number of nitrogens with one attached hydrogen (secondary N) is 2. The number of aromatic nitrogens is 3. The van der Waals surface area contributed by atoms with Crippen LogP contribution in [0.1, 0.15) is 5.82 Å². The Balaban J connectivity index is 1.50. The molecule has 0 saturated carbocycles. The van der Waals surface area contributed by atoms with Crippen LogP contribution in [0.5, 0.6) is 0 Å². The van der Waals surface area contributed by atoms with Gasteiger partial charge < -0.3 is 20.0 Å². The van der Waals surface area contributed by atoms with Crippen LogP contribution in [0.15, 0.2) is 71.8 Å². The highest BCUT2D eigenvalue weighted by molar-refractivity contribution is 6.31. The molecule has 2 aromatic carbocycles. The maximum atomic E-state index is 12.6. The summed E-state index contributed by atoms with van der Waals surface area (Å²) in [7, 11) is 1.31. The minimum Gasteiger partial charge on any atom is -0.453 e. The number of aromatic amines is 1. The molecule has 2 heterocycles. The van der Waals surface area contributed by atoms with Crippen LogP contribution >= 0.6 is 11.6 Å². The van der Waals surface area contributed by atoms with Crippen molar-refractivity contribution in [1.82, 2.24) is 14.5 Å². The number of rotatable bonds is 5. The SMILES string of the molecule is COC(=O)Nc1ccc(-c2cnc(Cn3ccc(-c4cc(Cl)ccc4N)cc3=O)[nH]2)cc1. The molecule has 0 atom stereocenters. The van der Waals surface area contributed by atoms with Crippen molar-refractivity contribution >= 4 is 29.1 Å². The van der Waals surface area contributed by atoms with Crippen molar-refractivity contribution in [2.24, 2.45) is 0 Å². The van der Waals surface area contributed by atoms with E-state index in [1.165, 1.54) is 13.2 Å². The fraction of sp³-hybridized carbons (Fsp3) is 0.0870. The summed E-state index contributed by atoms with van der Waals surface area (Å²) in [5.41, 5.74) is 10.1. The molecule has 32 heavy (non-hydrogen) atoms. The maximum absolute atomic E-state index is 12.6. The second kappa shape index (κ2) is 8.99. The molecule has 0 unspecified atom stereocenters. The van der Waals surface area contributed by atoms with Crippen LogP contribution in [-0.2, 0) is 11.3 Å². The molecule has 0 radical (unpaired) electrons. The van der Waals surface area contributed by atoms with Gasteiger partial charge in [-0.05, 0) is 47.5 Å². The van der Waals surface area contributed by atoms with Crippen molar-refractivity contribution in [3.63, 3.8) is 0 Å². The number of imidazole rings is 1. The topological polar surface area (TPSA) is 115 Å². The highest BCUT2D eigenvalue weighted by Gasteiger charge is 2.09. The largest absolute Gasteiger partial charge is 0.453 e. The molecule has 4 aromatic rings. The lowest BCUT2D eigenvalue weighted by Crippen LogP contribution is -2.19.